The van der Waals surface area contributed by atoms with E-state index in [1.807, 2.05) is 11.8 Å². The van der Waals surface area contributed by atoms with Crippen molar-refractivity contribution in [2.45, 2.75) is 12.8 Å². The van der Waals surface area contributed by atoms with Crippen LogP contribution in [0.2, 0.25) is 0 Å². The van der Waals surface area contributed by atoms with Crippen LogP contribution in [0.1, 0.15) is 12.8 Å². The minimum absolute atomic E-state index is 0.730. The maximum atomic E-state index is 5.58. The Morgan fingerprint density at radius 1 is 1.69 bits per heavy atom. The Balaban J connectivity index is 1.72. The number of nitrogens with zero attached hydrogens (tertiary/aromatic N) is 1. The monoisotopic (exact) mass is 198 g/mol. The molecule has 0 radical (unpaired) electrons. The van der Waals surface area contributed by atoms with E-state index in [0.717, 1.165) is 18.3 Å². The van der Waals surface area contributed by atoms with Gasteiger partial charge in [-0.25, -0.2) is 0 Å². The lowest BCUT2D eigenvalue weighted by Gasteiger charge is -2.20. The van der Waals surface area contributed by atoms with Crippen molar-refractivity contribution in [3.8, 4) is 5.75 Å². The van der Waals surface area contributed by atoms with E-state index >= 15 is 0 Å². The molecule has 1 unspecified atom stereocenters. The molecule has 1 aromatic rings. The zero-order chi connectivity index (χ0) is 8.93. The van der Waals surface area contributed by atoms with Gasteiger partial charge in [-0.3, -0.25) is 5.10 Å². The number of hydrogen-bond acceptors (Lipinski definition) is 3. The molecule has 1 saturated heterocycles. The molecular weight excluding hydrogens is 184 g/mol. The maximum Gasteiger partial charge on any atom is 0.156 e. The molecule has 2 heterocycles. The van der Waals surface area contributed by atoms with Crippen LogP contribution in [-0.4, -0.2) is 28.3 Å². The lowest BCUT2D eigenvalue weighted by atomic mass is 10.1. The number of H-pyrrole nitrogens is 1. The van der Waals surface area contributed by atoms with Crippen LogP contribution in [0.5, 0.6) is 5.75 Å². The average molecular weight is 198 g/mol. The number of ether oxygens (including phenoxy) is 1. The summed E-state index contributed by atoms with van der Waals surface area (Å²) < 4.78 is 5.58. The van der Waals surface area contributed by atoms with Crippen LogP contribution < -0.4 is 4.74 Å². The second kappa shape index (κ2) is 4.56. The van der Waals surface area contributed by atoms with E-state index in [4.69, 9.17) is 4.74 Å². The molecule has 0 saturated carbocycles. The minimum atomic E-state index is 0.730. The van der Waals surface area contributed by atoms with Crippen LogP contribution in [0.25, 0.3) is 0 Å². The molecule has 1 aliphatic rings. The molecule has 0 bridgehead atoms. The average Bonchev–Trinajstić information content (AvgIpc) is 2.69. The Hall–Kier alpha value is -0.640. The normalized spacial score (nSPS) is 22.9. The van der Waals surface area contributed by atoms with E-state index in [1.54, 1.807) is 12.4 Å². The summed E-state index contributed by atoms with van der Waals surface area (Å²) >= 11 is 2.04. The van der Waals surface area contributed by atoms with Crippen LogP contribution >= 0.6 is 11.8 Å². The van der Waals surface area contributed by atoms with E-state index < -0.39 is 0 Å². The van der Waals surface area contributed by atoms with Crippen molar-refractivity contribution in [3.63, 3.8) is 0 Å². The molecule has 0 aromatic carbocycles. The number of rotatable bonds is 3. The van der Waals surface area contributed by atoms with E-state index in [1.165, 1.54) is 24.3 Å². The van der Waals surface area contributed by atoms with Crippen LogP contribution in [0, 0.1) is 5.92 Å². The quantitative estimate of drug-likeness (QED) is 0.806. The standard InChI is InChI=1S/C9H14N2OS/c1-2-8(7-13-3-1)6-12-9-4-10-11-5-9/h4-5,8H,1-3,6-7H2,(H,10,11). The first-order chi connectivity index (χ1) is 6.45. The Kier molecular flexibility index (Phi) is 3.13. The van der Waals surface area contributed by atoms with Gasteiger partial charge in [0.1, 0.15) is 0 Å². The molecule has 0 spiro atoms. The van der Waals surface area contributed by atoms with Crippen molar-refractivity contribution < 1.29 is 4.74 Å². The molecule has 1 atom stereocenters. The number of aromatic amines is 1. The van der Waals surface area contributed by atoms with E-state index in [0.29, 0.717) is 0 Å². The second-order valence-electron chi connectivity index (χ2n) is 3.33. The van der Waals surface area contributed by atoms with E-state index in [2.05, 4.69) is 10.2 Å². The molecule has 1 aliphatic heterocycles. The van der Waals surface area contributed by atoms with Gasteiger partial charge in [-0.05, 0) is 24.3 Å². The molecule has 2 rings (SSSR count). The van der Waals surface area contributed by atoms with Gasteiger partial charge in [0.2, 0.25) is 0 Å². The molecular formula is C9H14N2OS. The van der Waals surface area contributed by atoms with Crippen molar-refractivity contribution in [1.29, 1.82) is 0 Å². The van der Waals surface area contributed by atoms with Gasteiger partial charge in [0.25, 0.3) is 0 Å². The van der Waals surface area contributed by atoms with Gasteiger partial charge in [-0.15, -0.1) is 0 Å². The highest BCUT2D eigenvalue weighted by Crippen LogP contribution is 2.23. The highest BCUT2D eigenvalue weighted by atomic mass is 32.2. The molecule has 1 fully saturated rings. The van der Waals surface area contributed by atoms with Crippen molar-refractivity contribution in [2.75, 3.05) is 18.1 Å². The number of thioether (sulfide) groups is 1. The molecule has 13 heavy (non-hydrogen) atoms. The molecule has 4 heteroatoms. The van der Waals surface area contributed by atoms with Gasteiger partial charge >= 0.3 is 0 Å². The molecule has 3 nitrogen and oxygen atoms in total. The Morgan fingerprint density at radius 2 is 2.69 bits per heavy atom. The van der Waals surface area contributed by atoms with Crippen molar-refractivity contribution >= 4 is 11.8 Å². The molecule has 72 valence electrons. The van der Waals surface area contributed by atoms with Crippen molar-refractivity contribution in [2.24, 2.45) is 5.92 Å². The fourth-order valence-electron chi connectivity index (χ4n) is 1.47. The fourth-order valence-corrected chi connectivity index (χ4v) is 2.60. The highest BCUT2D eigenvalue weighted by molar-refractivity contribution is 7.99. The molecule has 0 amide bonds. The van der Waals surface area contributed by atoms with E-state index in [9.17, 15) is 0 Å². The van der Waals surface area contributed by atoms with Crippen molar-refractivity contribution in [1.82, 2.24) is 10.2 Å². The van der Waals surface area contributed by atoms with Crippen LogP contribution in [0.3, 0.4) is 0 Å². The predicted molar refractivity (Wildman–Crippen MR) is 54.1 cm³/mol. The lowest BCUT2D eigenvalue weighted by molar-refractivity contribution is 0.252. The summed E-state index contributed by atoms with van der Waals surface area (Å²) in [5.41, 5.74) is 0. The van der Waals surface area contributed by atoms with Crippen LogP contribution in [0.4, 0.5) is 0 Å². The number of nitrogens with one attached hydrogen (secondary N) is 1. The first-order valence-electron chi connectivity index (χ1n) is 4.64. The van der Waals surface area contributed by atoms with Gasteiger partial charge in [-0.1, -0.05) is 0 Å². The van der Waals surface area contributed by atoms with Gasteiger partial charge in [0.15, 0.2) is 5.75 Å². The van der Waals surface area contributed by atoms with E-state index in [-0.39, 0.29) is 0 Å². The molecule has 1 aromatic heterocycles. The SMILES string of the molecule is c1n[nH]cc1OCC1CCCSC1. The Bertz CT molecular complexity index is 232. The zero-order valence-electron chi connectivity index (χ0n) is 7.53. The largest absolute Gasteiger partial charge is 0.490 e. The van der Waals surface area contributed by atoms with Crippen LogP contribution in [-0.2, 0) is 0 Å². The maximum absolute atomic E-state index is 5.58. The third-order valence-electron chi connectivity index (χ3n) is 2.21. The third-order valence-corrected chi connectivity index (χ3v) is 3.50. The summed E-state index contributed by atoms with van der Waals surface area (Å²) in [5.74, 6) is 4.16. The van der Waals surface area contributed by atoms with Crippen LogP contribution in [0.15, 0.2) is 12.4 Å². The Morgan fingerprint density at radius 3 is 3.38 bits per heavy atom. The zero-order valence-corrected chi connectivity index (χ0v) is 8.35. The lowest BCUT2D eigenvalue weighted by Crippen LogP contribution is -2.18. The van der Waals surface area contributed by atoms with Gasteiger partial charge < -0.3 is 4.74 Å². The summed E-state index contributed by atoms with van der Waals surface area (Å²) in [4.78, 5) is 0. The second-order valence-corrected chi connectivity index (χ2v) is 4.48. The molecule has 0 aliphatic carbocycles. The summed E-state index contributed by atoms with van der Waals surface area (Å²) in [6, 6.07) is 0. The smallest absolute Gasteiger partial charge is 0.156 e. The summed E-state index contributed by atoms with van der Waals surface area (Å²) in [6.07, 6.45) is 6.15. The minimum Gasteiger partial charge on any atom is -0.490 e. The Labute approximate surface area is 82.2 Å². The predicted octanol–water partition coefficient (Wildman–Crippen LogP) is 1.93. The van der Waals surface area contributed by atoms with Crippen molar-refractivity contribution in [3.05, 3.63) is 12.4 Å². The van der Waals surface area contributed by atoms with Gasteiger partial charge in [0.05, 0.1) is 19.0 Å². The summed E-state index contributed by atoms with van der Waals surface area (Å²) in [6.45, 7) is 0.840. The summed E-state index contributed by atoms with van der Waals surface area (Å²) in [7, 11) is 0. The first kappa shape index (κ1) is 8.94. The fraction of sp³-hybridized carbons (Fsp3) is 0.667. The van der Waals surface area contributed by atoms with Gasteiger partial charge in [-0.2, -0.15) is 16.9 Å². The van der Waals surface area contributed by atoms with Gasteiger partial charge in [0, 0.05) is 5.92 Å². The summed E-state index contributed by atoms with van der Waals surface area (Å²) in [5, 5.41) is 6.57. The topological polar surface area (TPSA) is 37.9 Å². The highest BCUT2D eigenvalue weighted by Gasteiger charge is 2.14. The number of aromatic nitrogens is 2. The first-order valence-corrected chi connectivity index (χ1v) is 5.80. The number of hydrogen-bond donors (Lipinski definition) is 1. The molecule has 1 N–H and O–H groups in total. The third kappa shape index (κ3) is 2.66.